The fourth-order valence-electron chi connectivity index (χ4n) is 2.14. The van der Waals surface area contributed by atoms with Crippen LogP contribution in [0.5, 0.6) is 0 Å². The van der Waals surface area contributed by atoms with E-state index in [0.717, 1.165) is 25.9 Å². The van der Waals surface area contributed by atoms with Crippen LogP contribution in [0.4, 0.5) is 0 Å². The summed E-state index contributed by atoms with van der Waals surface area (Å²) in [6, 6.07) is 8.21. The predicted octanol–water partition coefficient (Wildman–Crippen LogP) is 1.09. The second-order valence-corrected chi connectivity index (χ2v) is 4.41. The molecule has 1 saturated heterocycles. The summed E-state index contributed by atoms with van der Waals surface area (Å²) in [7, 11) is 0. The third-order valence-electron chi connectivity index (χ3n) is 3.18. The molecule has 100 valence electrons. The molecule has 2 rings (SSSR count). The average molecular weight is 271 g/mol. The summed E-state index contributed by atoms with van der Waals surface area (Å²) in [5.74, 6) is -0.154. The van der Waals surface area contributed by atoms with Crippen molar-refractivity contribution in [3.05, 3.63) is 35.9 Å². The predicted molar refractivity (Wildman–Crippen MR) is 72.4 cm³/mol. The van der Waals surface area contributed by atoms with E-state index in [4.69, 9.17) is 5.73 Å². The Labute approximate surface area is 113 Å². The Hall–Kier alpha value is -1.10. The van der Waals surface area contributed by atoms with E-state index in [1.54, 1.807) is 17.0 Å². The third-order valence-corrected chi connectivity index (χ3v) is 3.18. The number of benzene rings is 1. The first-order valence-corrected chi connectivity index (χ1v) is 5.97. The normalized spacial score (nSPS) is 18.0. The van der Waals surface area contributed by atoms with E-state index >= 15 is 0 Å². The minimum atomic E-state index is -0.927. The van der Waals surface area contributed by atoms with Crippen LogP contribution in [0.15, 0.2) is 30.3 Å². The lowest BCUT2D eigenvalue weighted by Crippen LogP contribution is -2.45. The number of likely N-dealkylation sites (tertiary alicyclic amines) is 1. The van der Waals surface area contributed by atoms with Gasteiger partial charge in [0.2, 0.25) is 5.91 Å². The van der Waals surface area contributed by atoms with Crippen LogP contribution < -0.4 is 5.73 Å². The summed E-state index contributed by atoms with van der Waals surface area (Å²) < 4.78 is 0. The Kier molecular flexibility index (Phi) is 5.59. The van der Waals surface area contributed by atoms with Gasteiger partial charge in [0, 0.05) is 13.1 Å². The molecule has 3 N–H and O–H groups in total. The molecule has 0 aromatic heterocycles. The van der Waals surface area contributed by atoms with E-state index in [9.17, 15) is 9.90 Å². The first-order valence-electron chi connectivity index (χ1n) is 5.97. The Morgan fingerprint density at radius 3 is 2.33 bits per heavy atom. The SMILES string of the molecule is Cl.NC(C(=O)N1CCCC1)C(O)c1ccccc1. The molecule has 1 aromatic carbocycles. The van der Waals surface area contributed by atoms with E-state index in [0.29, 0.717) is 5.56 Å². The topological polar surface area (TPSA) is 66.6 Å². The van der Waals surface area contributed by atoms with Crippen LogP contribution in [-0.2, 0) is 4.79 Å². The summed E-state index contributed by atoms with van der Waals surface area (Å²) in [6.07, 6.45) is 1.13. The van der Waals surface area contributed by atoms with Crippen LogP contribution in [0.25, 0.3) is 0 Å². The molecular formula is C13H19ClN2O2. The van der Waals surface area contributed by atoms with E-state index in [2.05, 4.69) is 0 Å². The number of nitrogens with two attached hydrogens (primary N) is 1. The van der Waals surface area contributed by atoms with Gasteiger partial charge in [-0.05, 0) is 18.4 Å². The highest BCUT2D eigenvalue weighted by atomic mass is 35.5. The molecule has 0 saturated carbocycles. The van der Waals surface area contributed by atoms with Gasteiger partial charge in [0.15, 0.2) is 0 Å². The monoisotopic (exact) mass is 270 g/mol. The first-order chi connectivity index (χ1) is 8.20. The zero-order valence-corrected chi connectivity index (χ0v) is 11.0. The summed E-state index contributed by atoms with van der Waals surface area (Å²) in [5.41, 5.74) is 6.52. The number of carbonyl (C=O) groups is 1. The molecule has 0 spiro atoms. The second kappa shape index (κ2) is 6.73. The van der Waals surface area contributed by atoms with Gasteiger partial charge in [0.25, 0.3) is 0 Å². The van der Waals surface area contributed by atoms with Crippen LogP contribution >= 0.6 is 12.4 Å². The van der Waals surface area contributed by atoms with Crippen LogP contribution in [0.2, 0.25) is 0 Å². The largest absolute Gasteiger partial charge is 0.386 e. The zero-order chi connectivity index (χ0) is 12.3. The van der Waals surface area contributed by atoms with E-state index in [1.165, 1.54) is 0 Å². The molecule has 0 radical (unpaired) electrons. The van der Waals surface area contributed by atoms with Crippen molar-refractivity contribution < 1.29 is 9.90 Å². The lowest BCUT2D eigenvalue weighted by molar-refractivity contribution is -0.134. The number of hydrogen-bond acceptors (Lipinski definition) is 3. The molecule has 0 bridgehead atoms. The fraction of sp³-hybridized carbons (Fsp3) is 0.462. The molecular weight excluding hydrogens is 252 g/mol. The number of carbonyl (C=O) groups excluding carboxylic acids is 1. The van der Waals surface area contributed by atoms with Crippen molar-refractivity contribution in [3.63, 3.8) is 0 Å². The van der Waals surface area contributed by atoms with Gasteiger partial charge in [-0.1, -0.05) is 30.3 Å². The number of rotatable bonds is 3. The van der Waals surface area contributed by atoms with Crippen molar-refractivity contribution >= 4 is 18.3 Å². The van der Waals surface area contributed by atoms with Gasteiger partial charge in [0.05, 0.1) is 0 Å². The van der Waals surface area contributed by atoms with Gasteiger partial charge in [-0.3, -0.25) is 4.79 Å². The highest BCUT2D eigenvalue weighted by molar-refractivity contribution is 5.85. The summed E-state index contributed by atoms with van der Waals surface area (Å²) in [6.45, 7) is 1.52. The van der Waals surface area contributed by atoms with E-state index in [1.807, 2.05) is 18.2 Å². The molecule has 1 fully saturated rings. The standard InChI is InChI=1S/C13H18N2O2.ClH/c14-11(13(17)15-8-4-5-9-15)12(16)10-6-2-1-3-7-10;/h1-3,6-7,11-12,16H,4-5,8-9,14H2;1H. The molecule has 1 amide bonds. The Bertz CT molecular complexity index is 380. The third kappa shape index (κ3) is 3.22. The molecule has 1 aromatic rings. The molecule has 0 aliphatic carbocycles. The Morgan fingerprint density at radius 2 is 1.78 bits per heavy atom. The second-order valence-electron chi connectivity index (χ2n) is 4.41. The first kappa shape index (κ1) is 15.0. The zero-order valence-electron chi connectivity index (χ0n) is 10.2. The van der Waals surface area contributed by atoms with Crippen molar-refractivity contribution in [2.45, 2.75) is 25.0 Å². The lowest BCUT2D eigenvalue weighted by Gasteiger charge is -2.24. The number of amides is 1. The molecule has 18 heavy (non-hydrogen) atoms. The van der Waals surface area contributed by atoms with Gasteiger partial charge >= 0.3 is 0 Å². The highest BCUT2D eigenvalue weighted by Gasteiger charge is 2.29. The molecule has 4 nitrogen and oxygen atoms in total. The summed E-state index contributed by atoms with van der Waals surface area (Å²) in [5, 5.41) is 10.0. The molecule has 1 aliphatic heterocycles. The Balaban J connectivity index is 0.00000162. The van der Waals surface area contributed by atoms with Gasteiger partial charge in [-0.25, -0.2) is 0 Å². The quantitative estimate of drug-likeness (QED) is 0.864. The number of aliphatic hydroxyl groups is 1. The van der Waals surface area contributed by atoms with Gasteiger partial charge in [0.1, 0.15) is 12.1 Å². The molecule has 2 atom stereocenters. The van der Waals surface area contributed by atoms with Crippen molar-refractivity contribution in [3.8, 4) is 0 Å². The van der Waals surface area contributed by atoms with Crippen molar-refractivity contribution in [1.29, 1.82) is 0 Å². The van der Waals surface area contributed by atoms with Crippen LogP contribution in [0, 0.1) is 0 Å². The minimum absolute atomic E-state index is 0. The van der Waals surface area contributed by atoms with Crippen molar-refractivity contribution in [1.82, 2.24) is 4.90 Å². The maximum absolute atomic E-state index is 12.0. The van der Waals surface area contributed by atoms with Crippen molar-refractivity contribution in [2.75, 3.05) is 13.1 Å². The number of nitrogens with zero attached hydrogens (tertiary/aromatic N) is 1. The maximum atomic E-state index is 12.0. The molecule has 5 heteroatoms. The van der Waals surface area contributed by atoms with Gasteiger partial charge < -0.3 is 15.7 Å². The molecule has 2 unspecified atom stereocenters. The van der Waals surface area contributed by atoms with Crippen LogP contribution in [0.3, 0.4) is 0 Å². The highest BCUT2D eigenvalue weighted by Crippen LogP contribution is 2.18. The molecule has 1 heterocycles. The van der Waals surface area contributed by atoms with Crippen molar-refractivity contribution in [2.24, 2.45) is 5.73 Å². The average Bonchev–Trinajstić information content (AvgIpc) is 2.91. The smallest absolute Gasteiger partial charge is 0.242 e. The summed E-state index contributed by atoms with van der Waals surface area (Å²) >= 11 is 0. The summed E-state index contributed by atoms with van der Waals surface area (Å²) in [4.78, 5) is 13.7. The number of hydrogen-bond donors (Lipinski definition) is 2. The minimum Gasteiger partial charge on any atom is -0.386 e. The molecule has 1 aliphatic rings. The fourth-order valence-corrected chi connectivity index (χ4v) is 2.14. The van der Waals surface area contributed by atoms with Crippen LogP contribution in [-0.4, -0.2) is 35.0 Å². The number of halogens is 1. The lowest BCUT2D eigenvalue weighted by atomic mass is 10.0. The number of aliphatic hydroxyl groups excluding tert-OH is 1. The van der Waals surface area contributed by atoms with E-state index in [-0.39, 0.29) is 18.3 Å². The maximum Gasteiger partial charge on any atom is 0.242 e. The van der Waals surface area contributed by atoms with Crippen LogP contribution in [0.1, 0.15) is 24.5 Å². The Morgan fingerprint density at radius 1 is 1.22 bits per heavy atom. The van der Waals surface area contributed by atoms with E-state index < -0.39 is 12.1 Å². The van der Waals surface area contributed by atoms with Gasteiger partial charge in [-0.2, -0.15) is 0 Å². The van der Waals surface area contributed by atoms with Gasteiger partial charge in [-0.15, -0.1) is 12.4 Å².